The normalized spacial score (nSPS) is 22.8. The van der Waals surface area contributed by atoms with Gasteiger partial charge in [0.2, 0.25) is 11.1 Å². The van der Waals surface area contributed by atoms with Crippen molar-refractivity contribution >= 4 is 17.7 Å². The summed E-state index contributed by atoms with van der Waals surface area (Å²) in [7, 11) is 1.93. The number of rotatable bonds is 5. The van der Waals surface area contributed by atoms with Crippen LogP contribution >= 0.6 is 11.8 Å². The highest BCUT2D eigenvalue weighted by molar-refractivity contribution is 7.99. The molecule has 0 spiro atoms. The molecule has 0 aliphatic heterocycles. The number of carbonyl (C=O) groups is 1. The van der Waals surface area contributed by atoms with Crippen LogP contribution in [0.2, 0.25) is 0 Å². The fourth-order valence-corrected chi connectivity index (χ4v) is 3.30. The molecule has 1 saturated carbocycles. The summed E-state index contributed by atoms with van der Waals surface area (Å²) in [4.78, 5) is 18.4. The molecule has 0 bridgehead atoms. The zero-order valence-electron chi connectivity index (χ0n) is 12.6. The summed E-state index contributed by atoms with van der Waals surface area (Å²) in [6.07, 6.45) is 5.57. The van der Waals surface area contributed by atoms with E-state index in [0.29, 0.717) is 17.0 Å². The topological polar surface area (TPSA) is 61.9 Å². The van der Waals surface area contributed by atoms with Gasteiger partial charge in [-0.1, -0.05) is 25.6 Å². The summed E-state index contributed by atoms with van der Waals surface area (Å²) < 4.78 is 0. The van der Waals surface area contributed by atoms with E-state index in [0.717, 1.165) is 31.0 Å². The monoisotopic (exact) mass is 296 g/mol. The van der Waals surface area contributed by atoms with Crippen molar-refractivity contribution in [1.82, 2.24) is 20.1 Å². The lowest BCUT2D eigenvalue weighted by atomic mass is 9.87. The maximum atomic E-state index is 12.2. The first-order valence-electron chi connectivity index (χ1n) is 7.39. The highest BCUT2D eigenvalue weighted by Crippen LogP contribution is 2.27. The quantitative estimate of drug-likeness (QED) is 0.848. The summed E-state index contributed by atoms with van der Waals surface area (Å²) in [5, 5.41) is 7.63. The maximum Gasteiger partial charge on any atom is 0.233 e. The number of nitrogens with one attached hydrogen (secondary N) is 1. The molecule has 0 radical (unpaired) electrons. The van der Waals surface area contributed by atoms with Gasteiger partial charge in [-0.2, -0.15) is 0 Å². The molecule has 1 aromatic rings. The number of thioether (sulfide) groups is 1. The molecule has 112 valence electrons. The van der Waals surface area contributed by atoms with Gasteiger partial charge < -0.3 is 4.90 Å². The Morgan fingerprint density at radius 1 is 1.40 bits per heavy atom. The van der Waals surface area contributed by atoms with Gasteiger partial charge in [-0.3, -0.25) is 9.89 Å². The van der Waals surface area contributed by atoms with E-state index in [4.69, 9.17) is 0 Å². The lowest BCUT2D eigenvalue weighted by molar-refractivity contribution is -0.129. The van der Waals surface area contributed by atoms with Gasteiger partial charge in [-0.25, -0.2) is 4.98 Å². The minimum Gasteiger partial charge on any atom is -0.342 e. The Morgan fingerprint density at radius 2 is 2.10 bits per heavy atom. The molecule has 1 amide bonds. The lowest BCUT2D eigenvalue weighted by Gasteiger charge is -2.33. The number of aryl methyl sites for hydroxylation is 1. The van der Waals surface area contributed by atoms with Gasteiger partial charge in [0.15, 0.2) is 0 Å². The summed E-state index contributed by atoms with van der Waals surface area (Å²) in [6.45, 7) is 4.32. The fraction of sp³-hybridized carbons (Fsp3) is 0.786. The number of nitrogens with zero attached hydrogens (tertiary/aromatic N) is 3. The van der Waals surface area contributed by atoms with Crippen LogP contribution in [0.3, 0.4) is 0 Å². The van der Waals surface area contributed by atoms with Crippen molar-refractivity contribution in [2.45, 2.75) is 57.1 Å². The van der Waals surface area contributed by atoms with Crippen molar-refractivity contribution in [3.63, 3.8) is 0 Å². The van der Waals surface area contributed by atoms with E-state index in [-0.39, 0.29) is 5.91 Å². The van der Waals surface area contributed by atoms with Crippen molar-refractivity contribution < 1.29 is 4.79 Å². The van der Waals surface area contributed by atoms with Gasteiger partial charge in [-0.15, -0.1) is 5.10 Å². The largest absolute Gasteiger partial charge is 0.342 e. The Hall–Kier alpha value is -1.04. The smallest absolute Gasteiger partial charge is 0.233 e. The van der Waals surface area contributed by atoms with Crippen LogP contribution in [0, 0.1) is 5.92 Å². The average molecular weight is 296 g/mol. The molecule has 1 aliphatic carbocycles. The number of hydrogen-bond donors (Lipinski definition) is 1. The van der Waals surface area contributed by atoms with Gasteiger partial charge in [0, 0.05) is 19.5 Å². The van der Waals surface area contributed by atoms with E-state index in [1.54, 1.807) is 0 Å². The van der Waals surface area contributed by atoms with Crippen LogP contribution in [0.4, 0.5) is 0 Å². The second-order valence-corrected chi connectivity index (χ2v) is 6.57. The number of hydrogen-bond acceptors (Lipinski definition) is 4. The van der Waals surface area contributed by atoms with Crippen LogP contribution in [-0.2, 0) is 11.2 Å². The average Bonchev–Trinajstić information content (AvgIpc) is 2.93. The van der Waals surface area contributed by atoms with Gasteiger partial charge >= 0.3 is 0 Å². The van der Waals surface area contributed by atoms with Crippen molar-refractivity contribution in [1.29, 1.82) is 0 Å². The number of carbonyl (C=O) groups excluding carboxylic acids is 1. The van der Waals surface area contributed by atoms with Crippen LogP contribution in [0.15, 0.2) is 5.16 Å². The third-order valence-corrected chi connectivity index (χ3v) is 4.93. The van der Waals surface area contributed by atoms with Crippen LogP contribution in [0.5, 0.6) is 0 Å². The maximum absolute atomic E-state index is 12.2. The Morgan fingerprint density at radius 3 is 2.70 bits per heavy atom. The van der Waals surface area contributed by atoms with E-state index < -0.39 is 0 Å². The van der Waals surface area contributed by atoms with Crippen LogP contribution < -0.4 is 0 Å². The van der Waals surface area contributed by atoms with Gasteiger partial charge in [-0.05, 0) is 31.6 Å². The molecule has 0 aromatic carbocycles. The van der Waals surface area contributed by atoms with Crippen LogP contribution in [0.1, 0.15) is 45.4 Å². The van der Waals surface area contributed by atoms with E-state index in [1.165, 1.54) is 24.6 Å². The highest BCUT2D eigenvalue weighted by atomic mass is 32.2. The van der Waals surface area contributed by atoms with Crippen LogP contribution in [-0.4, -0.2) is 44.8 Å². The molecule has 5 nitrogen and oxygen atoms in total. The second-order valence-electron chi connectivity index (χ2n) is 5.63. The van der Waals surface area contributed by atoms with Gasteiger partial charge in [0.1, 0.15) is 5.82 Å². The molecule has 2 rings (SSSR count). The van der Waals surface area contributed by atoms with E-state index in [1.807, 2.05) is 18.9 Å². The predicted molar refractivity (Wildman–Crippen MR) is 80.7 cm³/mol. The first-order chi connectivity index (χ1) is 9.60. The summed E-state index contributed by atoms with van der Waals surface area (Å²) in [5.41, 5.74) is 0. The molecule has 1 heterocycles. The second kappa shape index (κ2) is 7.11. The zero-order valence-corrected chi connectivity index (χ0v) is 13.4. The minimum absolute atomic E-state index is 0.178. The highest BCUT2D eigenvalue weighted by Gasteiger charge is 2.24. The Labute approximate surface area is 124 Å². The standard InChI is InChI=1S/C14H24N4OS/c1-4-12-15-14(17-16-12)20-9-13(19)18(3)11-7-5-10(2)6-8-11/h10-11H,4-9H2,1-3H3,(H,15,16,17). The number of aromatic amines is 1. The van der Waals surface area contributed by atoms with E-state index in [2.05, 4.69) is 22.1 Å². The van der Waals surface area contributed by atoms with Crippen molar-refractivity contribution in [3.8, 4) is 0 Å². The molecule has 0 atom stereocenters. The summed E-state index contributed by atoms with van der Waals surface area (Å²) in [5.74, 6) is 2.28. The Balaban J connectivity index is 1.79. The molecule has 0 saturated heterocycles. The number of H-pyrrole nitrogens is 1. The number of amides is 1. The summed E-state index contributed by atoms with van der Waals surface area (Å²) in [6, 6.07) is 0.414. The molecule has 1 N–H and O–H groups in total. The predicted octanol–water partition coefficient (Wildman–Crippen LogP) is 2.50. The Kier molecular flexibility index (Phi) is 5.46. The van der Waals surface area contributed by atoms with Crippen LogP contribution in [0.25, 0.3) is 0 Å². The zero-order chi connectivity index (χ0) is 14.5. The molecular weight excluding hydrogens is 272 g/mol. The molecule has 20 heavy (non-hydrogen) atoms. The van der Waals surface area contributed by atoms with Gasteiger partial charge in [0.05, 0.1) is 5.75 Å². The SMILES string of the molecule is CCc1nc(SCC(=O)N(C)C2CCC(C)CC2)n[nH]1. The first kappa shape index (κ1) is 15.4. The van der Waals surface area contributed by atoms with E-state index in [9.17, 15) is 4.79 Å². The van der Waals surface area contributed by atoms with Crippen molar-refractivity contribution in [3.05, 3.63) is 5.82 Å². The molecule has 0 unspecified atom stereocenters. The lowest BCUT2D eigenvalue weighted by Crippen LogP contribution is -2.40. The third kappa shape index (κ3) is 3.98. The molecule has 1 fully saturated rings. The molecule has 1 aromatic heterocycles. The fourth-order valence-electron chi connectivity index (χ4n) is 2.56. The molecule has 1 aliphatic rings. The first-order valence-corrected chi connectivity index (χ1v) is 8.38. The Bertz CT molecular complexity index is 440. The summed E-state index contributed by atoms with van der Waals surface area (Å²) >= 11 is 1.41. The van der Waals surface area contributed by atoms with Crippen molar-refractivity contribution in [2.75, 3.05) is 12.8 Å². The minimum atomic E-state index is 0.178. The molecular formula is C14H24N4OS. The third-order valence-electron chi connectivity index (χ3n) is 4.10. The number of aromatic nitrogens is 3. The van der Waals surface area contributed by atoms with E-state index >= 15 is 0 Å². The molecule has 6 heteroatoms. The van der Waals surface area contributed by atoms with Gasteiger partial charge in [0.25, 0.3) is 0 Å². The van der Waals surface area contributed by atoms with Crippen molar-refractivity contribution in [2.24, 2.45) is 5.92 Å².